The predicted molar refractivity (Wildman–Crippen MR) is 239 cm³/mol. The van der Waals surface area contributed by atoms with Crippen molar-refractivity contribution in [1.29, 1.82) is 0 Å². The maximum absolute atomic E-state index is 2.49. The minimum absolute atomic E-state index is 1.23. The summed E-state index contributed by atoms with van der Waals surface area (Å²) >= 11 is 3.84. The summed E-state index contributed by atoms with van der Waals surface area (Å²) in [6.07, 6.45) is 0. The summed E-state index contributed by atoms with van der Waals surface area (Å²) in [6, 6.07) is 67.7. The molecule has 0 unspecified atom stereocenters. The van der Waals surface area contributed by atoms with Crippen LogP contribution in [0.25, 0.3) is 117 Å². The maximum atomic E-state index is 2.49. The molecule has 54 heavy (non-hydrogen) atoms. The number of fused-ring (bicyclic) bond motifs is 12. The second-order valence-corrected chi connectivity index (χ2v) is 16.4. The molecule has 2 heterocycles. The van der Waals surface area contributed by atoms with E-state index in [1.807, 2.05) is 22.7 Å². The average Bonchev–Trinajstić information content (AvgIpc) is 3.82. The van der Waals surface area contributed by atoms with Gasteiger partial charge in [0.15, 0.2) is 0 Å². The summed E-state index contributed by atoms with van der Waals surface area (Å²) in [4.78, 5) is 0. The van der Waals surface area contributed by atoms with Gasteiger partial charge >= 0.3 is 0 Å². The van der Waals surface area contributed by atoms with Crippen molar-refractivity contribution in [3.05, 3.63) is 182 Å². The van der Waals surface area contributed by atoms with Gasteiger partial charge in [0.05, 0.1) is 0 Å². The summed E-state index contributed by atoms with van der Waals surface area (Å²) < 4.78 is 5.37. The minimum atomic E-state index is 1.23. The zero-order chi connectivity index (χ0) is 35.3. The third-order valence-corrected chi connectivity index (χ3v) is 13.8. The lowest BCUT2D eigenvalue weighted by Crippen LogP contribution is -1.92. The lowest BCUT2D eigenvalue weighted by molar-refractivity contribution is 1.63. The first-order chi connectivity index (χ1) is 26.8. The first-order valence-electron chi connectivity index (χ1n) is 18.5. The summed E-state index contributed by atoms with van der Waals surface area (Å²) in [5.41, 5.74) is 7.64. The molecule has 12 aromatic rings. The molecule has 0 N–H and O–H groups in total. The molecule has 0 bridgehead atoms. The number of hydrogen-bond acceptors (Lipinski definition) is 2. The van der Waals surface area contributed by atoms with E-state index in [1.54, 1.807) is 0 Å². The molecule has 0 atom stereocenters. The van der Waals surface area contributed by atoms with Gasteiger partial charge in [0.1, 0.15) is 0 Å². The van der Waals surface area contributed by atoms with Crippen molar-refractivity contribution < 1.29 is 0 Å². The van der Waals surface area contributed by atoms with Gasteiger partial charge in [0.25, 0.3) is 0 Å². The topological polar surface area (TPSA) is 0 Å². The zero-order valence-corrected chi connectivity index (χ0v) is 30.8. The Bertz CT molecular complexity index is 3430. The molecule has 12 rings (SSSR count). The molecule has 2 heteroatoms. The highest BCUT2D eigenvalue weighted by Crippen LogP contribution is 2.52. The molecule has 0 nitrogen and oxygen atoms in total. The normalized spacial score (nSPS) is 12.1. The van der Waals surface area contributed by atoms with E-state index in [9.17, 15) is 0 Å². The average molecular weight is 719 g/mol. The zero-order valence-electron chi connectivity index (χ0n) is 29.1. The molecule has 250 valence electrons. The van der Waals surface area contributed by atoms with Crippen LogP contribution in [0.1, 0.15) is 0 Å². The van der Waals surface area contributed by atoms with Gasteiger partial charge in [-0.2, -0.15) is 0 Å². The molecule has 0 aliphatic rings. The van der Waals surface area contributed by atoms with Gasteiger partial charge in [-0.3, -0.25) is 0 Å². The molecular weight excluding hydrogens is 689 g/mol. The summed E-state index contributed by atoms with van der Waals surface area (Å²) in [6.45, 7) is 0. The van der Waals surface area contributed by atoms with Crippen LogP contribution in [0.5, 0.6) is 0 Å². The number of thiophene rings is 2. The second-order valence-electron chi connectivity index (χ2n) is 14.3. The Kier molecular flexibility index (Phi) is 6.48. The van der Waals surface area contributed by atoms with E-state index in [0.717, 1.165) is 0 Å². The van der Waals surface area contributed by atoms with Crippen molar-refractivity contribution in [2.45, 2.75) is 0 Å². The Hall–Kier alpha value is -6.32. The van der Waals surface area contributed by atoms with Gasteiger partial charge in [-0.25, -0.2) is 0 Å². The number of hydrogen-bond donors (Lipinski definition) is 0. The third kappa shape index (κ3) is 4.30. The summed E-state index contributed by atoms with van der Waals surface area (Å²) in [5, 5.41) is 15.8. The molecule has 0 aliphatic carbocycles. The molecule has 0 spiro atoms. The number of rotatable bonds is 3. The fraction of sp³-hybridized carbons (Fsp3) is 0. The fourth-order valence-corrected chi connectivity index (χ4v) is 11.5. The molecule has 0 saturated heterocycles. The highest BCUT2D eigenvalue weighted by molar-refractivity contribution is 7.27. The molecule has 0 saturated carbocycles. The van der Waals surface area contributed by atoms with E-state index in [4.69, 9.17) is 0 Å². The van der Waals surface area contributed by atoms with E-state index < -0.39 is 0 Å². The maximum Gasteiger partial charge on any atom is 0.0440 e. The van der Waals surface area contributed by atoms with Gasteiger partial charge in [-0.05, 0) is 89.8 Å². The lowest BCUT2D eigenvalue weighted by atomic mass is 9.84. The first-order valence-corrected chi connectivity index (χ1v) is 20.1. The molecule has 2 aromatic heterocycles. The van der Waals surface area contributed by atoms with Gasteiger partial charge in [0.2, 0.25) is 0 Å². The van der Waals surface area contributed by atoms with Crippen LogP contribution < -0.4 is 0 Å². The third-order valence-electron chi connectivity index (χ3n) is 11.4. The van der Waals surface area contributed by atoms with Crippen LogP contribution in [-0.2, 0) is 0 Å². The molecule has 0 fully saturated rings. The monoisotopic (exact) mass is 718 g/mol. The van der Waals surface area contributed by atoms with Gasteiger partial charge in [0, 0.05) is 51.3 Å². The van der Waals surface area contributed by atoms with Crippen LogP contribution in [0, 0.1) is 0 Å². The van der Waals surface area contributed by atoms with E-state index in [-0.39, 0.29) is 0 Å². The van der Waals surface area contributed by atoms with E-state index in [1.165, 1.54) is 117 Å². The second kappa shape index (κ2) is 11.6. The van der Waals surface area contributed by atoms with Gasteiger partial charge in [-0.15, -0.1) is 22.7 Å². The summed E-state index contributed by atoms with van der Waals surface area (Å²) in [5.74, 6) is 0. The standard InChI is InChI=1S/C52H30S2/c1-2-14-35-31(12-1)13-11-21-36(35)32-24-26-33(27-25-32)47-37-15-3-5-17-39(37)49(40-18-6-4-16-38(40)47)43-30-34-28-29-46-50(41-19-7-9-22-44(41)53-46)48(34)51-42-20-8-10-23-45(42)54-52(43)51/h1-30H. The van der Waals surface area contributed by atoms with Crippen LogP contribution in [-0.4, -0.2) is 0 Å². The van der Waals surface area contributed by atoms with Crippen LogP contribution in [0.2, 0.25) is 0 Å². The Morgan fingerprint density at radius 1 is 0.278 bits per heavy atom. The van der Waals surface area contributed by atoms with Crippen molar-refractivity contribution in [1.82, 2.24) is 0 Å². The van der Waals surface area contributed by atoms with Gasteiger partial charge in [-0.1, -0.05) is 158 Å². The largest absolute Gasteiger partial charge is 0.135 e. The highest BCUT2D eigenvalue weighted by atomic mass is 32.1. The van der Waals surface area contributed by atoms with Crippen molar-refractivity contribution in [3.8, 4) is 33.4 Å². The smallest absolute Gasteiger partial charge is 0.0440 e. The van der Waals surface area contributed by atoms with Crippen LogP contribution in [0.3, 0.4) is 0 Å². The van der Waals surface area contributed by atoms with Crippen LogP contribution in [0.4, 0.5) is 0 Å². The Morgan fingerprint density at radius 2 is 0.815 bits per heavy atom. The van der Waals surface area contributed by atoms with Crippen molar-refractivity contribution >= 4 is 106 Å². The quantitative estimate of drug-likeness (QED) is 0.160. The lowest BCUT2D eigenvalue weighted by Gasteiger charge is -2.19. The Labute approximate surface area is 319 Å². The summed E-state index contributed by atoms with van der Waals surface area (Å²) in [7, 11) is 0. The van der Waals surface area contributed by atoms with E-state index in [0.29, 0.717) is 0 Å². The molecule has 0 radical (unpaired) electrons. The van der Waals surface area contributed by atoms with Crippen LogP contribution >= 0.6 is 22.7 Å². The highest BCUT2D eigenvalue weighted by Gasteiger charge is 2.23. The molecule has 10 aromatic carbocycles. The Morgan fingerprint density at radius 3 is 1.52 bits per heavy atom. The van der Waals surface area contributed by atoms with E-state index >= 15 is 0 Å². The van der Waals surface area contributed by atoms with E-state index in [2.05, 4.69) is 182 Å². The fourth-order valence-electron chi connectivity index (χ4n) is 9.14. The van der Waals surface area contributed by atoms with Crippen molar-refractivity contribution in [3.63, 3.8) is 0 Å². The minimum Gasteiger partial charge on any atom is -0.135 e. The SMILES string of the molecule is c1ccc2c(-c3ccc(-c4c5ccccc5c(-c5cc6ccc7sc8ccccc8c7c6c6c5sc5ccccc56)c5ccccc45)cc3)cccc2c1. The van der Waals surface area contributed by atoms with Crippen molar-refractivity contribution in [2.75, 3.05) is 0 Å². The molecular formula is C52H30S2. The van der Waals surface area contributed by atoms with Gasteiger partial charge < -0.3 is 0 Å². The molecule has 0 amide bonds. The van der Waals surface area contributed by atoms with Crippen LogP contribution in [0.15, 0.2) is 182 Å². The Balaban J connectivity index is 1.16. The van der Waals surface area contributed by atoms with Crippen molar-refractivity contribution in [2.24, 2.45) is 0 Å². The molecule has 0 aliphatic heterocycles. The predicted octanol–water partition coefficient (Wildman–Crippen LogP) is 16.0. The first kappa shape index (κ1) is 30.2. The number of benzene rings is 10.